The quantitative estimate of drug-likeness (QED) is 0.431. The van der Waals surface area contributed by atoms with Gasteiger partial charge in [-0.2, -0.15) is 0 Å². The molecule has 9 heteroatoms. The molecule has 0 unspecified atom stereocenters. The van der Waals surface area contributed by atoms with Crippen LogP contribution in [0.3, 0.4) is 0 Å². The van der Waals surface area contributed by atoms with E-state index in [9.17, 15) is 13.2 Å². The van der Waals surface area contributed by atoms with Crippen LogP contribution >= 0.6 is 0 Å². The van der Waals surface area contributed by atoms with Crippen LogP contribution in [0.5, 0.6) is 11.5 Å². The summed E-state index contributed by atoms with van der Waals surface area (Å²) in [5.41, 5.74) is 2.82. The molecule has 0 radical (unpaired) electrons. The van der Waals surface area contributed by atoms with Crippen LogP contribution in [-0.4, -0.2) is 38.5 Å². The molecule has 0 spiro atoms. The summed E-state index contributed by atoms with van der Waals surface area (Å²) in [5, 5.41) is 3.68. The highest BCUT2D eigenvalue weighted by atomic mass is 32.2. The number of ether oxygens (including phenoxy) is 2. The average molecular weight is 466 g/mol. The van der Waals surface area contributed by atoms with Gasteiger partial charge < -0.3 is 19.8 Å². The smallest absolute Gasteiger partial charge is 0.267 e. The van der Waals surface area contributed by atoms with Crippen molar-refractivity contribution in [3.8, 4) is 11.5 Å². The number of H-pyrrole nitrogens is 1. The molecule has 2 aromatic carbocycles. The summed E-state index contributed by atoms with van der Waals surface area (Å²) in [6.45, 7) is 2.07. The number of carbonyl (C=O) groups excluding carboxylic acids is 1. The van der Waals surface area contributed by atoms with Crippen LogP contribution in [0.1, 0.15) is 21.6 Å². The molecule has 170 valence electrons. The third-order valence-corrected chi connectivity index (χ3v) is 7.06. The van der Waals surface area contributed by atoms with Crippen molar-refractivity contribution in [2.45, 2.75) is 23.3 Å². The zero-order valence-corrected chi connectivity index (χ0v) is 19.2. The number of nitrogens with one attached hydrogen (secondary N) is 2. The maximum Gasteiger partial charge on any atom is 0.267 e. The van der Waals surface area contributed by atoms with Crippen LogP contribution in [0.4, 0.5) is 0 Å². The molecule has 0 fully saturated rings. The number of aryl methyl sites for hydroxylation is 1. The van der Waals surface area contributed by atoms with Crippen LogP contribution in [0.2, 0.25) is 0 Å². The third kappa shape index (κ3) is 4.40. The lowest BCUT2D eigenvalue weighted by atomic mass is 10.2. The van der Waals surface area contributed by atoms with Crippen LogP contribution in [0.15, 0.2) is 70.7 Å². The van der Waals surface area contributed by atoms with E-state index in [0.29, 0.717) is 5.69 Å². The van der Waals surface area contributed by atoms with E-state index in [1.165, 1.54) is 26.4 Å². The van der Waals surface area contributed by atoms with Gasteiger partial charge in [0.15, 0.2) is 4.90 Å². The molecule has 2 N–H and O–H groups in total. The van der Waals surface area contributed by atoms with Crippen molar-refractivity contribution < 1.29 is 22.7 Å². The standard InChI is InChI=1S/C24H23N3O5S/c1-15-10-21(31-2)23(22(11-15)32-3)33(29,30)18-6-4-16(5-7-18)13-26-24(28)20-12-17-14-25-9-8-19(17)27-20/h4-12,14,27H,13H2,1-3H3,(H,26,28). The summed E-state index contributed by atoms with van der Waals surface area (Å²) in [4.78, 5) is 19.6. The molecule has 1 amide bonds. The fourth-order valence-corrected chi connectivity index (χ4v) is 5.10. The first-order chi connectivity index (χ1) is 15.8. The van der Waals surface area contributed by atoms with Crippen molar-refractivity contribution in [2.24, 2.45) is 0 Å². The molecule has 2 heterocycles. The van der Waals surface area contributed by atoms with Crippen molar-refractivity contribution in [2.75, 3.05) is 14.2 Å². The zero-order valence-electron chi connectivity index (χ0n) is 18.4. The number of sulfone groups is 1. The summed E-state index contributed by atoms with van der Waals surface area (Å²) in [6, 6.07) is 13.2. The number of hydrogen-bond donors (Lipinski definition) is 2. The second-order valence-corrected chi connectivity index (χ2v) is 9.36. The number of aromatic amines is 1. The van der Waals surface area contributed by atoms with E-state index in [0.717, 1.165) is 22.0 Å². The van der Waals surface area contributed by atoms with Gasteiger partial charge in [-0.3, -0.25) is 9.78 Å². The minimum Gasteiger partial charge on any atom is -0.495 e. The van der Waals surface area contributed by atoms with E-state index < -0.39 is 9.84 Å². The maximum atomic E-state index is 13.3. The Kier molecular flexibility index (Phi) is 6.06. The summed E-state index contributed by atoms with van der Waals surface area (Å²) < 4.78 is 37.3. The fourth-order valence-electron chi connectivity index (χ4n) is 3.55. The lowest BCUT2D eigenvalue weighted by Gasteiger charge is -2.15. The van der Waals surface area contributed by atoms with Gasteiger partial charge in [0, 0.05) is 29.8 Å². The molecule has 8 nitrogen and oxygen atoms in total. The Balaban J connectivity index is 1.53. The Morgan fingerprint density at radius 2 is 1.70 bits per heavy atom. The minimum absolute atomic E-state index is 0.0209. The number of aromatic nitrogens is 2. The molecule has 0 saturated heterocycles. The molecule has 4 rings (SSSR count). The highest BCUT2D eigenvalue weighted by Gasteiger charge is 2.27. The fraction of sp³-hybridized carbons (Fsp3) is 0.167. The van der Waals surface area contributed by atoms with Crippen molar-refractivity contribution in [3.63, 3.8) is 0 Å². The number of nitrogens with zero attached hydrogens (tertiary/aromatic N) is 1. The van der Waals surface area contributed by atoms with E-state index >= 15 is 0 Å². The highest BCUT2D eigenvalue weighted by Crippen LogP contribution is 2.38. The number of benzene rings is 2. The molecule has 0 aliphatic rings. The van der Waals surface area contributed by atoms with Crippen LogP contribution in [-0.2, 0) is 16.4 Å². The molecule has 0 saturated carbocycles. The van der Waals surface area contributed by atoms with Crippen molar-refractivity contribution >= 4 is 26.6 Å². The van der Waals surface area contributed by atoms with E-state index in [4.69, 9.17) is 9.47 Å². The molecule has 2 aromatic heterocycles. The number of pyridine rings is 1. The number of amides is 1. The van der Waals surface area contributed by atoms with Crippen LogP contribution in [0, 0.1) is 6.92 Å². The minimum atomic E-state index is -3.90. The lowest BCUT2D eigenvalue weighted by molar-refractivity contribution is 0.0946. The largest absolute Gasteiger partial charge is 0.495 e. The Hall–Kier alpha value is -3.85. The van der Waals surface area contributed by atoms with Gasteiger partial charge in [0.2, 0.25) is 9.84 Å². The predicted octanol–water partition coefficient (Wildman–Crippen LogP) is 3.65. The first-order valence-corrected chi connectivity index (χ1v) is 11.6. The van der Waals surface area contributed by atoms with Crippen molar-refractivity contribution in [3.05, 3.63) is 77.7 Å². The molecule has 4 aromatic rings. The Morgan fingerprint density at radius 1 is 1.03 bits per heavy atom. The van der Waals surface area contributed by atoms with Gasteiger partial charge in [-0.1, -0.05) is 12.1 Å². The van der Waals surface area contributed by atoms with Gasteiger partial charge in [-0.05, 0) is 54.4 Å². The number of carbonyl (C=O) groups is 1. The SMILES string of the molecule is COc1cc(C)cc(OC)c1S(=O)(=O)c1ccc(CNC(=O)c2cc3cnccc3[nH]2)cc1. The molecule has 0 atom stereocenters. The van der Waals surface area contributed by atoms with Gasteiger partial charge in [0.1, 0.15) is 17.2 Å². The summed E-state index contributed by atoms with van der Waals surface area (Å²) in [6.07, 6.45) is 3.33. The van der Waals surface area contributed by atoms with Crippen molar-refractivity contribution in [1.29, 1.82) is 0 Å². The second kappa shape index (κ2) is 8.95. The lowest BCUT2D eigenvalue weighted by Crippen LogP contribution is -2.23. The summed E-state index contributed by atoms with van der Waals surface area (Å²) in [5.74, 6) is 0.172. The van der Waals surface area contributed by atoms with Gasteiger partial charge >= 0.3 is 0 Å². The summed E-state index contributed by atoms with van der Waals surface area (Å²) in [7, 11) is -1.06. The number of hydrogen-bond acceptors (Lipinski definition) is 6. The van der Waals surface area contributed by atoms with Gasteiger partial charge in [-0.15, -0.1) is 0 Å². The Morgan fingerprint density at radius 3 is 2.30 bits per heavy atom. The maximum absolute atomic E-state index is 13.3. The number of methoxy groups -OCH3 is 2. The van der Waals surface area contributed by atoms with Gasteiger partial charge in [0.05, 0.1) is 19.1 Å². The monoisotopic (exact) mass is 465 g/mol. The van der Waals surface area contributed by atoms with Gasteiger partial charge in [-0.25, -0.2) is 8.42 Å². The first-order valence-electron chi connectivity index (χ1n) is 10.1. The number of rotatable bonds is 7. The van der Waals surface area contributed by atoms with Gasteiger partial charge in [0.25, 0.3) is 5.91 Å². The van der Waals surface area contributed by atoms with E-state index in [1.54, 1.807) is 48.8 Å². The first kappa shape index (κ1) is 22.3. The molecule has 0 aliphatic heterocycles. The molecule has 0 bridgehead atoms. The molecule has 33 heavy (non-hydrogen) atoms. The third-order valence-electron chi connectivity index (χ3n) is 5.23. The van der Waals surface area contributed by atoms with Crippen LogP contribution in [0.25, 0.3) is 10.9 Å². The average Bonchev–Trinajstić information content (AvgIpc) is 3.26. The summed E-state index contributed by atoms with van der Waals surface area (Å²) >= 11 is 0. The molecular weight excluding hydrogens is 442 g/mol. The predicted molar refractivity (Wildman–Crippen MR) is 123 cm³/mol. The highest BCUT2D eigenvalue weighted by molar-refractivity contribution is 7.91. The Labute approximate surface area is 191 Å². The van der Waals surface area contributed by atoms with Crippen LogP contribution < -0.4 is 14.8 Å². The van der Waals surface area contributed by atoms with Crippen molar-refractivity contribution in [1.82, 2.24) is 15.3 Å². The second-order valence-electron chi connectivity index (χ2n) is 7.47. The Bertz CT molecular complexity index is 1370. The zero-order chi connectivity index (χ0) is 23.6. The molecule has 0 aliphatic carbocycles. The van der Waals surface area contributed by atoms with E-state index in [2.05, 4.69) is 15.3 Å². The van der Waals surface area contributed by atoms with E-state index in [1.807, 2.05) is 6.92 Å². The topological polar surface area (TPSA) is 110 Å². The molecular formula is C24H23N3O5S. The normalized spacial score (nSPS) is 11.4. The number of fused-ring (bicyclic) bond motifs is 1. The van der Waals surface area contributed by atoms with E-state index in [-0.39, 0.29) is 33.7 Å².